The van der Waals surface area contributed by atoms with Crippen LogP contribution in [0.15, 0.2) is 206 Å². The van der Waals surface area contributed by atoms with Crippen molar-refractivity contribution in [1.29, 1.82) is 0 Å². The molecule has 6 N–H and O–H groups in total. The third-order valence-electron chi connectivity index (χ3n) is 15.7. The van der Waals surface area contributed by atoms with Gasteiger partial charge in [-0.25, -0.2) is 9.97 Å². The van der Waals surface area contributed by atoms with Gasteiger partial charge in [0, 0.05) is 75.9 Å². The van der Waals surface area contributed by atoms with Crippen molar-refractivity contribution in [3.05, 3.63) is 274 Å². The summed E-state index contributed by atoms with van der Waals surface area (Å²) in [5, 5.41) is 59.5. The van der Waals surface area contributed by atoms with Crippen molar-refractivity contribution in [2.45, 2.75) is 118 Å². The molecule has 98 heavy (non-hydrogen) atoms. The lowest BCUT2D eigenvalue weighted by Gasteiger charge is -2.61. The molecule has 2 unspecified atom stereocenters. The van der Waals surface area contributed by atoms with Gasteiger partial charge in [-0.3, -0.25) is 24.0 Å². The second kappa shape index (κ2) is 41.0. The first-order valence-electron chi connectivity index (χ1n) is 33.5. The van der Waals surface area contributed by atoms with E-state index in [0.717, 1.165) is 83.7 Å². The summed E-state index contributed by atoms with van der Waals surface area (Å²) in [5.41, 5.74) is 8.20. The third-order valence-corrected chi connectivity index (χ3v) is 15.7. The van der Waals surface area contributed by atoms with Gasteiger partial charge in [0.15, 0.2) is 5.78 Å². The largest absolute Gasteiger partial charge is 0.851 e. The number of nitrogens with zero attached hydrogens (tertiary/aromatic N) is 4. The monoisotopic (exact) mass is 1330 g/mol. The minimum Gasteiger partial charge on any atom is -0.851 e. The zero-order chi connectivity index (χ0) is 70.8. The van der Waals surface area contributed by atoms with Crippen molar-refractivity contribution in [2.24, 2.45) is 0 Å². The van der Waals surface area contributed by atoms with Crippen LogP contribution in [-0.2, 0) is 29.2 Å². The van der Waals surface area contributed by atoms with Crippen molar-refractivity contribution in [3.63, 3.8) is 0 Å². The van der Waals surface area contributed by atoms with Crippen molar-refractivity contribution >= 4 is 40.8 Å². The molecule has 516 valence electrons. The summed E-state index contributed by atoms with van der Waals surface area (Å²) in [7, 11) is 0. The highest BCUT2D eigenvalue weighted by Crippen LogP contribution is 2.50. The number of benzene rings is 2. The van der Waals surface area contributed by atoms with E-state index in [1.165, 1.54) is 6.92 Å². The molecule has 18 nitrogen and oxygen atoms in total. The van der Waals surface area contributed by atoms with Gasteiger partial charge in [-0.1, -0.05) is 184 Å². The second-order valence-electron chi connectivity index (χ2n) is 23.8. The Labute approximate surface area is 577 Å². The van der Waals surface area contributed by atoms with Crippen LogP contribution in [0.25, 0.3) is 0 Å². The van der Waals surface area contributed by atoms with Gasteiger partial charge in [0.05, 0.1) is 6.61 Å². The summed E-state index contributed by atoms with van der Waals surface area (Å²) in [5.74, 6) is -3.40. The maximum atomic E-state index is 13.3. The zero-order valence-corrected chi connectivity index (χ0v) is 57.6. The van der Waals surface area contributed by atoms with E-state index in [0.29, 0.717) is 30.8 Å². The predicted molar refractivity (Wildman–Crippen MR) is 384 cm³/mol. The maximum Gasteiger partial charge on any atom is 0.270 e. The van der Waals surface area contributed by atoms with E-state index >= 15 is 0 Å². The molecule has 0 radical (unpaired) electrons. The van der Waals surface area contributed by atoms with E-state index in [2.05, 4.69) is 50.0 Å². The molecular formula is C80H94N8O10-2. The van der Waals surface area contributed by atoms with E-state index in [1.807, 2.05) is 197 Å². The lowest BCUT2D eigenvalue weighted by Crippen LogP contribution is -2.63. The highest BCUT2D eigenvalue weighted by molar-refractivity contribution is 5.97. The summed E-state index contributed by atoms with van der Waals surface area (Å²) >= 11 is 0. The molecule has 18 heteroatoms. The highest BCUT2D eigenvalue weighted by Gasteiger charge is 2.41. The molecule has 7 rings (SSSR count). The number of carbonyl (C=O) groups excluding carboxylic acids is 5. The Morgan fingerprint density at radius 3 is 1.05 bits per heavy atom. The Morgan fingerprint density at radius 1 is 0.429 bits per heavy atom. The quantitative estimate of drug-likeness (QED) is 0.0276. The van der Waals surface area contributed by atoms with Gasteiger partial charge in [-0.2, -0.15) is 0 Å². The molecule has 2 atom stereocenters. The second-order valence-corrected chi connectivity index (χ2v) is 23.8. The molecule has 2 aromatic heterocycles. The number of rotatable bonds is 26. The Morgan fingerprint density at radius 2 is 0.745 bits per heavy atom. The number of carbonyl (C=O) groups is 5. The Hall–Kier alpha value is -10.3. The fourth-order valence-electron chi connectivity index (χ4n) is 10.8. The average Bonchev–Trinajstić information content (AvgIpc) is 0.717. The number of Topliss-reactive ketones (excluding diaryl/α,β-unsaturated/α-hetero) is 1. The van der Waals surface area contributed by atoms with E-state index in [9.17, 15) is 44.4 Å². The van der Waals surface area contributed by atoms with Crippen molar-refractivity contribution in [1.82, 2.24) is 31.2 Å². The Balaban J connectivity index is 0.000000342. The van der Waals surface area contributed by atoms with Crippen LogP contribution in [0.4, 0.5) is 11.4 Å². The number of aryl methyl sites for hydroxylation is 3. The number of amides is 4. The smallest absolute Gasteiger partial charge is 0.270 e. The van der Waals surface area contributed by atoms with Gasteiger partial charge >= 0.3 is 0 Å². The number of nitrogens with one attached hydrogen (secondary N) is 4. The van der Waals surface area contributed by atoms with Crippen LogP contribution in [0.1, 0.15) is 152 Å². The molecule has 6 aromatic rings. The first-order chi connectivity index (χ1) is 47.3. The molecule has 2 heterocycles. The van der Waals surface area contributed by atoms with Gasteiger partial charge in [-0.05, 0) is 141 Å². The van der Waals surface area contributed by atoms with Crippen LogP contribution in [0, 0.1) is 20.8 Å². The molecule has 1 aliphatic rings. The summed E-state index contributed by atoms with van der Waals surface area (Å²) in [4.78, 5) is 75.8. The van der Waals surface area contributed by atoms with E-state index in [1.54, 1.807) is 48.5 Å². The van der Waals surface area contributed by atoms with Crippen molar-refractivity contribution in [3.8, 4) is 11.5 Å². The molecule has 1 aliphatic carbocycles. The number of ether oxygens (including phenoxy) is 1. The summed E-state index contributed by atoms with van der Waals surface area (Å²) in [6.45, 7) is 19.8. The average molecular weight is 1330 g/mol. The predicted octanol–water partition coefficient (Wildman–Crippen LogP) is 11.3. The molecular weight excluding hydrogens is 1230 g/mol. The van der Waals surface area contributed by atoms with Gasteiger partial charge in [-0.15, -0.1) is 12.2 Å². The summed E-state index contributed by atoms with van der Waals surface area (Å²) < 4.78 is 5.39. The number of anilines is 2. The minimum absolute atomic E-state index is 0.0216. The first kappa shape index (κ1) is 76.7. The first-order valence-corrected chi connectivity index (χ1v) is 33.5. The number of aromatic nitrogens is 2. The van der Waals surface area contributed by atoms with Crippen molar-refractivity contribution < 1.29 is 49.1 Å². The topological polar surface area (TPSA) is 262 Å². The Bertz CT molecular complexity index is 3830. The van der Waals surface area contributed by atoms with Gasteiger partial charge in [0.1, 0.15) is 40.9 Å². The number of ketones is 1. The highest BCUT2D eigenvalue weighted by atomic mass is 16.5. The van der Waals surface area contributed by atoms with Gasteiger partial charge in [0.25, 0.3) is 23.6 Å². The van der Waals surface area contributed by atoms with Gasteiger partial charge in [0.2, 0.25) is 0 Å². The van der Waals surface area contributed by atoms with Crippen LogP contribution < -0.4 is 41.3 Å². The lowest BCUT2D eigenvalue weighted by atomic mass is 9.63. The third kappa shape index (κ3) is 24.7. The molecule has 0 saturated heterocycles. The van der Waals surface area contributed by atoms with Crippen LogP contribution >= 0.6 is 0 Å². The van der Waals surface area contributed by atoms with Crippen LogP contribution in [0.3, 0.4) is 0 Å². The number of pyridine rings is 2. The Kier molecular flexibility index (Phi) is 32.1. The summed E-state index contributed by atoms with van der Waals surface area (Å²) in [6.07, 6.45) is 0.302. The van der Waals surface area contributed by atoms with E-state index in [4.69, 9.17) is 4.74 Å². The standard InChI is InChI=1S/C50H52N6O4.C30H42N2O6/c1-5-51-47(57)43-30-38(3)31-44(55-43)48(58)52-35-41-26-18-10-12-20-28-42(29-21-13-11-19-27-41)36-54-50(60)46-33-39(4)32-45(56-46)49(59)53-34-40-24-16-8-6-14-22-37(2)23-15-7-9-17-25-40;1-5-12-31(13-6-2)21-8-10-23(25(34)17-21)27-29(36)28(30(27)37)24-11-9-22(18-26(24)35)32(14-7-3)15-16-38-19-20(4)33/h6-33H,5,34-36H2,1-4H3,(H,51,57)(H,52,58)(H,53,59)(H,54,60);8-11,17-18,27-30,34-35H,5-7,12-16,19H2,1-4H3/q;-2. The zero-order valence-electron chi connectivity index (χ0n) is 57.6. The van der Waals surface area contributed by atoms with E-state index in [-0.39, 0.29) is 84.0 Å². The normalized spacial score (nSPS) is 14.1. The van der Waals surface area contributed by atoms with Crippen LogP contribution in [-0.4, -0.2) is 108 Å². The lowest BCUT2D eigenvalue weighted by molar-refractivity contribution is -0.536. The SMILES string of the molecule is CCCN(CCC)c1ccc(C2C([O-])C(c3ccc(N(CCC)CCOCC(C)=O)cc3O)C2[O-])c(O)c1.CCNC(=O)c1cc(C)cc(C(=O)NCc2ccccccc(CNC(=O)c3cc(C)cc(C(=O)NCc4ccccccc(C)cccccc4)n3)cccccc2)n1. The van der Waals surface area contributed by atoms with Gasteiger partial charge < -0.3 is 56.2 Å². The summed E-state index contributed by atoms with van der Waals surface area (Å²) in [6, 6.07) is 62.7. The van der Waals surface area contributed by atoms with Crippen molar-refractivity contribution in [2.75, 3.05) is 55.7 Å². The number of hydrogen-bond acceptors (Lipinski definition) is 14. The van der Waals surface area contributed by atoms with Crippen LogP contribution in [0.2, 0.25) is 0 Å². The molecule has 0 bridgehead atoms. The molecule has 4 amide bonds. The minimum atomic E-state index is -1.26. The van der Waals surface area contributed by atoms with Crippen LogP contribution in [0.5, 0.6) is 11.5 Å². The number of aromatic hydroxyl groups is 2. The van der Waals surface area contributed by atoms with E-state index < -0.39 is 30.0 Å². The molecule has 1 saturated carbocycles. The fraction of sp³-hybridized carbons (Fsp3) is 0.312. The number of phenolic OH excluding ortho intramolecular Hbond substituents is 2. The number of phenols is 2. The molecule has 1 fully saturated rings. The molecule has 4 aromatic carbocycles. The fourth-order valence-corrected chi connectivity index (χ4v) is 10.8. The number of hydrogen-bond donors (Lipinski definition) is 6. The molecule has 0 spiro atoms. The maximum absolute atomic E-state index is 13.3. The molecule has 0 aliphatic heterocycles.